The van der Waals surface area contributed by atoms with E-state index in [0.29, 0.717) is 12.6 Å². The van der Waals surface area contributed by atoms with Crippen LogP contribution in [0.5, 0.6) is 0 Å². The lowest BCUT2D eigenvalue weighted by atomic mass is 9.89. The molecular formula is C17H21N3O3S. The molecule has 0 radical (unpaired) electrons. The number of rotatable bonds is 5. The third-order valence-electron chi connectivity index (χ3n) is 4.82. The lowest BCUT2D eigenvalue weighted by molar-refractivity contribution is -0.130. The van der Waals surface area contributed by atoms with Gasteiger partial charge in [0.05, 0.1) is 31.4 Å². The Morgan fingerprint density at radius 3 is 3.25 bits per heavy atom. The van der Waals surface area contributed by atoms with Crippen LogP contribution >= 0.6 is 11.3 Å². The zero-order chi connectivity index (χ0) is 16.4. The Kier molecular flexibility index (Phi) is 4.64. The maximum absolute atomic E-state index is 12.6. The minimum absolute atomic E-state index is 0.0562. The van der Waals surface area contributed by atoms with Gasteiger partial charge in [0.2, 0.25) is 5.91 Å². The van der Waals surface area contributed by atoms with Crippen LogP contribution in [-0.2, 0) is 22.6 Å². The summed E-state index contributed by atoms with van der Waals surface area (Å²) in [6.07, 6.45) is 5.44. The summed E-state index contributed by atoms with van der Waals surface area (Å²) in [7, 11) is 0. The number of nitrogens with zero attached hydrogens (tertiary/aromatic N) is 2. The van der Waals surface area contributed by atoms with E-state index in [9.17, 15) is 4.79 Å². The number of aromatic nitrogens is 1. The molecule has 2 saturated heterocycles. The molecule has 2 fully saturated rings. The molecule has 3 atom stereocenters. The van der Waals surface area contributed by atoms with E-state index in [1.807, 2.05) is 23.7 Å². The zero-order valence-corrected chi connectivity index (χ0v) is 14.2. The van der Waals surface area contributed by atoms with Gasteiger partial charge < -0.3 is 14.5 Å². The molecule has 2 aromatic heterocycles. The molecule has 0 unspecified atom stereocenters. The number of fused-ring (bicyclic) bond motifs is 1. The summed E-state index contributed by atoms with van der Waals surface area (Å²) < 4.78 is 11.2. The molecule has 6 nitrogen and oxygen atoms in total. The maximum atomic E-state index is 12.6. The molecule has 2 aromatic rings. The van der Waals surface area contributed by atoms with E-state index < -0.39 is 0 Å². The molecular weight excluding hydrogens is 326 g/mol. The van der Waals surface area contributed by atoms with Gasteiger partial charge in [0.15, 0.2) is 0 Å². The Morgan fingerprint density at radius 2 is 2.46 bits per heavy atom. The molecule has 0 saturated carbocycles. The molecule has 0 bridgehead atoms. The molecule has 2 aliphatic heterocycles. The molecule has 2 aliphatic rings. The molecule has 1 N–H and O–H groups in total. The first-order valence-corrected chi connectivity index (χ1v) is 9.21. The van der Waals surface area contributed by atoms with Crippen LogP contribution in [0.4, 0.5) is 0 Å². The van der Waals surface area contributed by atoms with Gasteiger partial charge in [-0.15, -0.1) is 11.3 Å². The van der Waals surface area contributed by atoms with Crippen LogP contribution in [0.15, 0.2) is 34.4 Å². The summed E-state index contributed by atoms with van der Waals surface area (Å²) in [5.41, 5.74) is 0. The molecule has 0 spiro atoms. The van der Waals surface area contributed by atoms with Crippen molar-refractivity contribution in [2.75, 3.05) is 13.2 Å². The summed E-state index contributed by atoms with van der Waals surface area (Å²) in [6.45, 7) is 2.77. The number of furan rings is 1. The average Bonchev–Trinajstić information content (AvgIpc) is 3.33. The fourth-order valence-corrected chi connectivity index (χ4v) is 4.30. The van der Waals surface area contributed by atoms with Crippen LogP contribution in [0.1, 0.15) is 23.6 Å². The molecule has 4 rings (SSSR count). The molecule has 0 aromatic carbocycles. The number of nitrogens with one attached hydrogen (secondary N) is 1. The normalized spacial score (nSPS) is 27.1. The fraction of sp³-hybridized carbons (Fsp3) is 0.529. The highest BCUT2D eigenvalue weighted by molar-refractivity contribution is 7.09. The summed E-state index contributed by atoms with van der Waals surface area (Å²) in [4.78, 5) is 19.3. The van der Waals surface area contributed by atoms with Crippen molar-refractivity contribution in [2.24, 2.45) is 5.92 Å². The molecule has 0 aliphatic carbocycles. The fourth-order valence-electron chi connectivity index (χ4n) is 3.66. The van der Waals surface area contributed by atoms with Gasteiger partial charge in [-0.3, -0.25) is 9.69 Å². The third-order valence-corrected chi connectivity index (χ3v) is 5.59. The van der Waals surface area contributed by atoms with Crippen molar-refractivity contribution in [3.05, 3.63) is 40.7 Å². The van der Waals surface area contributed by atoms with Gasteiger partial charge in [0, 0.05) is 30.8 Å². The van der Waals surface area contributed by atoms with Crippen LogP contribution in [0.25, 0.3) is 0 Å². The summed E-state index contributed by atoms with van der Waals surface area (Å²) in [5.74, 6) is 0.789. The highest BCUT2D eigenvalue weighted by Crippen LogP contribution is 2.32. The quantitative estimate of drug-likeness (QED) is 0.896. The van der Waals surface area contributed by atoms with Gasteiger partial charge in [-0.25, -0.2) is 4.98 Å². The van der Waals surface area contributed by atoms with Crippen molar-refractivity contribution < 1.29 is 13.9 Å². The van der Waals surface area contributed by atoms with E-state index in [0.717, 1.165) is 43.3 Å². The molecule has 24 heavy (non-hydrogen) atoms. The van der Waals surface area contributed by atoms with Crippen molar-refractivity contribution in [2.45, 2.75) is 38.1 Å². The number of piperidine rings is 1. The molecule has 128 valence electrons. The number of thiazole rings is 1. The summed E-state index contributed by atoms with van der Waals surface area (Å²) in [6, 6.07) is 4.10. The van der Waals surface area contributed by atoms with E-state index in [1.165, 1.54) is 0 Å². The minimum atomic E-state index is -0.0562. The zero-order valence-electron chi connectivity index (χ0n) is 13.4. The Labute approximate surface area is 144 Å². The van der Waals surface area contributed by atoms with Crippen LogP contribution in [-0.4, -0.2) is 41.1 Å². The largest absolute Gasteiger partial charge is 0.467 e. The van der Waals surface area contributed by atoms with E-state index >= 15 is 0 Å². The van der Waals surface area contributed by atoms with Crippen LogP contribution in [0.3, 0.4) is 0 Å². The van der Waals surface area contributed by atoms with Gasteiger partial charge in [-0.1, -0.05) is 0 Å². The smallest absolute Gasteiger partial charge is 0.224 e. The summed E-state index contributed by atoms with van der Waals surface area (Å²) in [5, 5.41) is 6.08. The van der Waals surface area contributed by atoms with E-state index in [4.69, 9.17) is 9.15 Å². The number of likely N-dealkylation sites (tertiary alicyclic amines) is 1. The van der Waals surface area contributed by atoms with Gasteiger partial charge in [0.25, 0.3) is 0 Å². The highest BCUT2D eigenvalue weighted by Gasteiger charge is 2.42. The standard InChI is InChI=1S/C17H21N3O3S/c21-17(19-9-13-2-1-5-22-13)12-8-15-14(3-6-23-15)20(10-12)11-16-18-4-7-24-16/h1-2,4-5,7,12,14-15H,3,6,8-11H2,(H,19,21)/t12-,14-,15-/m1/s1. The number of carbonyl (C=O) groups excluding carboxylic acids is 1. The Balaban J connectivity index is 1.40. The van der Waals surface area contributed by atoms with E-state index in [1.54, 1.807) is 17.6 Å². The second kappa shape index (κ2) is 7.04. The number of hydrogen-bond acceptors (Lipinski definition) is 6. The summed E-state index contributed by atoms with van der Waals surface area (Å²) >= 11 is 1.66. The molecule has 1 amide bonds. The Morgan fingerprint density at radius 1 is 1.50 bits per heavy atom. The monoisotopic (exact) mass is 347 g/mol. The SMILES string of the molecule is O=C(NCc1ccco1)[C@@H]1C[C@H]2OCC[C@H]2N(Cc2nccs2)C1. The third kappa shape index (κ3) is 3.38. The second-order valence-electron chi connectivity index (χ2n) is 6.35. The average molecular weight is 347 g/mol. The Bertz CT molecular complexity index is 659. The van der Waals surface area contributed by atoms with Gasteiger partial charge in [0.1, 0.15) is 10.8 Å². The topological polar surface area (TPSA) is 67.6 Å². The van der Waals surface area contributed by atoms with Crippen molar-refractivity contribution in [1.82, 2.24) is 15.2 Å². The number of amides is 1. The predicted octanol–water partition coefficient (Wildman–Crippen LogP) is 2.03. The first kappa shape index (κ1) is 15.8. The number of carbonyl (C=O) groups is 1. The van der Waals surface area contributed by atoms with Crippen LogP contribution in [0, 0.1) is 5.92 Å². The Hall–Kier alpha value is -1.70. The lowest BCUT2D eigenvalue weighted by Gasteiger charge is -2.39. The van der Waals surface area contributed by atoms with Crippen molar-refractivity contribution in [3.63, 3.8) is 0 Å². The predicted molar refractivity (Wildman–Crippen MR) is 89.3 cm³/mol. The van der Waals surface area contributed by atoms with Crippen molar-refractivity contribution in [1.29, 1.82) is 0 Å². The first-order valence-electron chi connectivity index (χ1n) is 8.33. The van der Waals surface area contributed by atoms with Crippen molar-refractivity contribution in [3.8, 4) is 0 Å². The van der Waals surface area contributed by atoms with Crippen molar-refractivity contribution >= 4 is 17.2 Å². The van der Waals surface area contributed by atoms with Gasteiger partial charge in [-0.05, 0) is 25.0 Å². The second-order valence-corrected chi connectivity index (χ2v) is 7.33. The molecule has 4 heterocycles. The minimum Gasteiger partial charge on any atom is -0.467 e. The lowest BCUT2D eigenvalue weighted by Crippen LogP contribution is -2.52. The van der Waals surface area contributed by atoms with Crippen LogP contribution < -0.4 is 5.32 Å². The number of ether oxygens (including phenoxy) is 1. The van der Waals surface area contributed by atoms with Gasteiger partial charge >= 0.3 is 0 Å². The number of hydrogen-bond donors (Lipinski definition) is 1. The highest BCUT2D eigenvalue weighted by atomic mass is 32.1. The van der Waals surface area contributed by atoms with E-state index in [-0.39, 0.29) is 17.9 Å². The van der Waals surface area contributed by atoms with Crippen LogP contribution in [0.2, 0.25) is 0 Å². The molecule has 7 heteroatoms. The van der Waals surface area contributed by atoms with E-state index in [2.05, 4.69) is 15.2 Å². The van der Waals surface area contributed by atoms with Gasteiger partial charge in [-0.2, -0.15) is 0 Å². The first-order chi connectivity index (χ1) is 11.8. The maximum Gasteiger partial charge on any atom is 0.224 e.